The lowest BCUT2D eigenvalue weighted by Crippen LogP contribution is -1.90. The van der Waals surface area contributed by atoms with Crippen molar-refractivity contribution < 1.29 is 18.0 Å². The van der Waals surface area contributed by atoms with Gasteiger partial charge in [-0.05, 0) is 23.3 Å². The van der Waals surface area contributed by atoms with Crippen LogP contribution >= 0.6 is 0 Å². The van der Waals surface area contributed by atoms with E-state index >= 15 is 0 Å². The summed E-state index contributed by atoms with van der Waals surface area (Å²) in [6, 6.07) is 11.7. The van der Waals surface area contributed by atoms with E-state index in [1.165, 1.54) is 30.5 Å². The molecule has 0 aliphatic rings. The van der Waals surface area contributed by atoms with Crippen LogP contribution in [-0.2, 0) is 11.4 Å². The highest BCUT2D eigenvalue weighted by Gasteiger charge is 2.05. The summed E-state index contributed by atoms with van der Waals surface area (Å²) in [5, 5.41) is 3.70. The van der Waals surface area contributed by atoms with Crippen LogP contribution in [-0.4, -0.2) is 6.21 Å². The minimum atomic E-state index is -2.48. The average molecular weight is 279 g/mol. The maximum Gasteiger partial charge on any atom is 0.263 e. The molecule has 2 aromatic rings. The maximum absolute atomic E-state index is 12.9. The van der Waals surface area contributed by atoms with Crippen molar-refractivity contribution in [1.82, 2.24) is 0 Å². The van der Waals surface area contributed by atoms with E-state index < -0.39 is 6.43 Å². The number of rotatable bonds is 5. The van der Waals surface area contributed by atoms with Crippen LogP contribution in [0.2, 0.25) is 0 Å². The zero-order valence-electron chi connectivity index (χ0n) is 10.5. The third-order valence-corrected chi connectivity index (χ3v) is 2.59. The molecule has 0 atom stereocenters. The molecule has 0 saturated carbocycles. The fraction of sp³-hybridized carbons (Fsp3) is 0.133. The van der Waals surface area contributed by atoms with Gasteiger partial charge in [-0.15, -0.1) is 0 Å². The molecule has 0 radical (unpaired) electrons. The van der Waals surface area contributed by atoms with E-state index in [1.54, 1.807) is 24.3 Å². The highest BCUT2D eigenvalue weighted by Crippen LogP contribution is 2.18. The first kappa shape index (κ1) is 14.1. The summed E-state index contributed by atoms with van der Waals surface area (Å²) in [6.07, 6.45) is -1.09. The van der Waals surface area contributed by atoms with Gasteiger partial charge in [0.1, 0.15) is 12.4 Å². The molecule has 0 aliphatic heterocycles. The molecule has 0 aromatic heterocycles. The molecular formula is C15H12F3NO. The van der Waals surface area contributed by atoms with Crippen LogP contribution < -0.4 is 0 Å². The summed E-state index contributed by atoms with van der Waals surface area (Å²) in [5.41, 5.74) is 1.28. The highest BCUT2D eigenvalue weighted by atomic mass is 19.3. The van der Waals surface area contributed by atoms with Crippen molar-refractivity contribution in [3.05, 3.63) is 71.0 Å². The summed E-state index contributed by atoms with van der Waals surface area (Å²) in [7, 11) is 0. The molecule has 0 unspecified atom stereocenters. The van der Waals surface area contributed by atoms with Crippen molar-refractivity contribution in [2.24, 2.45) is 5.16 Å². The van der Waals surface area contributed by atoms with Gasteiger partial charge in [-0.25, -0.2) is 13.2 Å². The van der Waals surface area contributed by atoms with Crippen LogP contribution in [0.25, 0.3) is 0 Å². The highest BCUT2D eigenvalue weighted by molar-refractivity contribution is 5.78. The molecular weight excluding hydrogens is 267 g/mol. The molecule has 0 bridgehead atoms. The summed E-state index contributed by atoms with van der Waals surface area (Å²) in [6.45, 7) is 0.162. The molecule has 0 N–H and O–H groups in total. The lowest BCUT2D eigenvalue weighted by Gasteiger charge is -2.02. The molecule has 0 fully saturated rings. The summed E-state index contributed by atoms with van der Waals surface area (Å²) in [5.74, 6) is -0.350. The van der Waals surface area contributed by atoms with Gasteiger partial charge in [0.2, 0.25) is 0 Å². The van der Waals surface area contributed by atoms with Crippen molar-refractivity contribution in [3.63, 3.8) is 0 Å². The van der Waals surface area contributed by atoms with E-state index in [2.05, 4.69) is 5.16 Å². The van der Waals surface area contributed by atoms with E-state index in [1.807, 2.05) is 0 Å². The Bertz CT molecular complexity index is 582. The van der Waals surface area contributed by atoms with E-state index in [-0.39, 0.29) is 18.0 Å². The number of hydrogen-bond acceptors (Lipinski definition) is 2. The second-order valence-corrected chi connectivity index (χ2v) is 4.11. The zero-order valence-corrected chi connectivity index (χ0v) is 10.5. The Balaban J connectivity index is 1.86. The van der Waals surface area contributed by atoms with Gasteiger partial charge in [0, 0.05) is 5.56 Å². The van der Waals surface area contributed by atoms with Crippen molar-refractivity contribution in [3.8, 4) is 0 Å². The predicted molar refractivity (Wildman–Crippen MR) is 70.2 cm³/mol. The topological polar surface area (TPSA) is 21.6 Å². The molecule has 0 amide bonds. The second-order valence-electron chi connectivity index (χ2n) is 4.11. The molecule has 2 aromatic carbocycles. The lowest BCUT2D eigenvalue weighted by molar-refractivity contribution is 0.131. The Morgan fingerprint density at radius 2 is 1.85 bits per heavy atom. The monoisotopic (exact) mass is 279 g/mol. The van der Waals surface area contributed by atoms with Gasteiger partial charge in [0.25, 0.3) is 6.43 Å². The van der Waals surface area contributed by atoms with E-state index in [0.717, 1.165) is 5.56 Å². The number of halogens is 3. The first-order valence-corrected chi connectivity index (χ1v) is 5.93. The van der Waals surface area contributed by atoms with E-state index in [0.29, 0.717) is 5.56 Å². The SMILES string of the molecule is Fc1cccc(C=NOCc2ccc(C(F)F)cc2)c1. The van der Waals surface area contributed by atoms with Crippen molar-refractivity contribution in [2.75, 3.05) is 0 Å². The maximum atomic E-state index is 12.9. The zero-order chi connectivity index (χ0) is 14.4. The molecule has 2 rings (SSSR count). The van der Waals surface area contributed by atoms with Crippen LogP contribution in [0.3, 0.4) is 0 Å². The molecule has 104 valence electrons. The molecule has 2 nitrogen and oxygen atoms in total. The largest absolute Gasteiger partial charge is 0.391 e. The third-order valence-electron chi connectivity index (χ3n) is 2.59. The molecule has 0 saturated heterocycles. The van der Waals surface area contributed by atoms with Crippen LogP contribution in [0.5, 0.6) is 0 Å². The van der Waals surface area contributed by atoms with E-state index in [9.17, 15) is 13.2 Å². The van der Waals surface area contributed by atoms with Crippen LogP contribution in [0.1, 0.15) is 23.1 Å². The smallest absolute Gasteiger partial charge is 0.263 e. The second kappa shape index (κ2) is 6.75. The van der Waals surface area contributed by atoms with Gasteiger partial charge in [0.15, 0.2) is 0 Å². The quantitative estimate of drug-likeness (QED) is 0.590. The number of alkyl halides is 2. The number of benzene rings is 2. The van der Waals surface area contributed by atoms with Crippen molar-refractivity contribution in [1.29, 1.82) is 0 Å². The van der Waals surface area contributed by atoms with Gasteiger partial charge in [-0.1, -0.05) is 41.6 Å². The fourth-order valence-corrected chi connectivity index (χ4v) is 1.56. The van der Waals surface area contributed by atoms with Gasteiger partial charge in [-0.2, -0.15) is 0 Å². The molecule has 20 heavy (non-hydrogen) atoms. The van der Waals surface area contributed by atoms with Crippen molar-refractivity contribution >= 4 is 6.21 Å². The van der Waals surface area contributed by atoms with Gasteiger partial charge < -0.3 is 4.84 Å². The van der Waals surface area contributed by atoms with Gasteiger partial charge in [0.05, 0.1) is 6.21 Å². The van der Waals surface area contributed by atoms with Gasteiger partial charge in [-0.3, -0.25) is 0 Å². The Morgan fingerprint density at radius 1 is 1.10 bits per heavy atom. The Kier molecular flexibility index (Phi) is 4.76. The Hall–Kier alpha value is -2.30. The van der Waals surface area contributed by atoms with Gasteiger partial charge >= 0.3 is 0 Å². The van der Waals surface area contributed by atoms with Crippen LogP contribution in [0, 0.1) is 5.82 Å². The number of hydrogen-bond donors (Lipinski definition) is 0. The standard InChI is InChI=1S/C15H12F3NO/c16-14-3-1-2-12(8-14)9-19-20-10-11-4-6-13(7-5-11)15(17)18/h1-9,15H,10H2. The molecule has 5 heteroatoms. The number of oxime groups is 1. The minimum absolute atomic E-state index is 0.0305. The third kappa shape index (κ3) is 4.12. The van der Waals surface area contributed by atoms with Crippen LogP contribution in [0.4, 0.5) is 13.2 Å². The minimum Gasteiger partial charge on any atom is -0.391 e. The average Bonchev–Trinajstić information content (AvgIpc) is 2.44. The summed E-state index contributed by atoms with van der Waals surface area (Å²) in [4.78, 5) is 5.02. The molecule has 0 heterocycles. The first-order valence-electron chi connectivity index (χ1n) is 5.93. The predicted octanol–water partition coefficient (Wildman–Crippen LogP) is 4.31. The fourth-order valence-electron chi connectivity index (χ4n) is 1.56. The summed E-state index contributed by atoms with van der Waals surface area (Å²) >= 11 is 0. The number of nitrogens with zero attached hydrogens (tertiary/aromatic N) is 1. The molecule has 0 spiro atoms. The van der Waals surface area contributed by atoms with E-state index in [4.69, 9.17) is 4.84 Å². The Labute approximate surface area is 114 Å². The van der Waals surface area contributed by atoms with Crippen LogP contribution in [0.15, 0.2) is 53.7 Å². The Morgan fingerprint density at radius 3 is 2.50 bits per heavy atom. The normalized spacial score (nSPS) is 11.2. The molecule has 0 aliphatic carbocycles. The first-order chi connectivity index (χ1) is 9.65. The summed E-state index contributed by atoms with van der Waals surface area (Å²) < 4.78 is 37.6. The lowest BCUT2D eigenvalue weighted by atomic mass is 10.1. The van der Waals surface area contributed by atoms with Crippen molar-refractivity contribution in [2.45, 2.75) is 13.0 Å².